The fourth-order valence-corrected chi connectivity index (χ4v) is 2.39. The number of ether oxygens (including phenoxy) is 2. The van der Waals surface area contributed by atoms with Gasteiger partial charge in [0.1, 0.15) is 5.75 Å². The summed E-state index contributed by atoms with van der Waals surface area (Å²) in [5.74, 6) is 0.867. The summed E-state index contributed by atoms with van der Waals surface area (Å²) < 4.78 is 10.5. The standard InChI is InChI=1S/C14H22N2O2/c1-17-12-5-3-11(4-6-12)14(15)10-16-8-7-13(9-16)18-2/h3-6,13-14H,7-10,15H2,1-2H3. The van der Waals surface area contributed by atoms with E-state index in [1.165, 1.54) is 0 Å². The van der Waals surface area contributed by atoms with Gasteiger partial charge in [0.15, 0.2) is 0 Å². The van der Waals surface area contributed by atoms with Gasteiger partial charge in [-0.1, -0.05) is 12.1 Å². The first-order chi connectivity index (χ1) is 8.72. The highest BCUT2D eigenvalue weighted by atomic mass is 16.5. The van der Waals surface area contributed by atoms with Crippen molar-refractivity contribution in [2.75, 3.05) is 33.9 Å². The molecular formula is C14H22N2O2. The molecule has 1 aromatic carbocycles. The van der Waals surface area contributed by atoms with E-state index in [0.29, 0.717) is 6.10 Å². The van der Waals surface area contributed by atoms with Crippen molar-refractivity contribution in [1.82, 2.24) is 4.90 Å². The third-order valence-corrected chi connectivity index (χ3v) is 3.56. The molecule has 4 nitrogen and oxygen atoms in total. The summed E-state index contributed by atoms with van der Waals surface area (Å²) in [5.41, 5.74) is 7.38. The molecule has 0 radical (unpaired) electrons. The molecule has 0 amide bonds. The molecule has 1 aliphatic heterocycles. The summed E-state index contributed by atoms with van der Waals surface area (Å²) in [5, 5.41) is 0. The number of nitrogens with two attached hydrogens (primary N) is 1. The van der Waals surface area contributed by atoms with Gasteiger partial charge in [-0.3, -0.25) is 4.90 Å². The van der Waals surface area contributed by atoms with E-state index >= 15 is 0 Å². The minimum absolute atomic E-state index is 0.0477. The van der Waals surface area contributed by atoms with Gasteiger partial charge in [-0.25, -0.2) is 0 Å². The molecule has 1 fully saturated rings. The SMILES string of the molecule is COc1ccc(C(N)CN2CCC(OC)C2)cc1. The lowest BCUT2D eigenvalue weighted by Crippen LogP contribution is -2.31. The minimum Gasteiger partial charge on any atom is -0.497 e. The van der Waals surface area contributed by atoms with Crippen LogP contribution in [0.5, 0.6) is 5.75 Å². The predicted molar refractivity (Wildman–Crippen MR) is 71.8 cm³/mol. The van der Waals surface area contributed by atoms with E-state index in [9.17, 15) is 0 Å². The van der Waals surface area contributed by atoms with Crippen molar-refractivity contribution < 1.29 is 9.47 Å². The Bertz CT molecular complexity index is 367. The lowest BCUT2D eigenvalue weighted by molar-refractivity contribution is 0.107. The highest BCUT2D eigenvalue weighted by Gasteiger charge is 2.23. The molecular weight excluding hydrogens is 228 g/mol. The van der Waals surface area contributed by atoms with E-state index in [4.69, 9.17) is 15.2 Å². The first-order valence-corrected chi connectivity index (χ1v) is 6.37. The van der Waals surface area contributed by atoms with E-state index in [1.54, 1.807) is 14.2 Å². The first kappa shape index (κ1) is 13.3. The Hall–Kier alpha value is -1.10. The lowest BCUT2D eigenvalue weighted by atomic mass is 10.1. The summed E-state index contributed by atoms with van der Waals surface area (Å²) in [7, 11) is 3.45. The topological polar surface area (TPSA) is 47.7 Å². The van der Waals surface area contributed by atoms with Crippen molar-refractivity contribution in [2.24, 2.45) is 5.73 Å². The third-order valence-electron chi connectivity index (χ3n) is 3.56. The monoisotopic (exact) mass is 250 g/mol. The Kier molecular flexibility index (Phi) is 4.58. The van der Waals surface area contributed by atoms with Crippen LogP contribution in [0.25, 0.3) is 0 Å². The van der Waals surface area contributed by atoms with Crippen LogP contribution in [-0.4, -0.2) is 44.9 Å². The number of methoxy groups -OCH3 is 2. The van der Waals surface area contributed by atoms with Gasteiger partial charge < -0.3 is 15.2 Å². The third kappa shape index (κ3) is 3.22. The number of rotatable bonds is 5. The molecule has 1 aromatic rings. The van der Waals surface area contributed by atoms with Crippen LogP contribution in [0.2, 0.25) is 0 Å². The Labute approximate surface area is 109 Å². The zero-order valence-corrected chi connectivity index (χ0v) is 11.1. The van der Waals surface area contributed by atoms with E-state index in [1.807, 2.05) is 24.3 Å². The molecule has 0 spiro atoms. The van der Waals surface area contributed by atoms with Gasteiger partial charge >= 0.3 is 0 Å². The predicted octanol–water partition coefficient (Wildman–Crippen LogP) is 1.42. The van der Waals surface area contributed by atoms with Crippen LogP contribution >= 0.6 is 0 Å². The molecule has 4 heteroatoms. The van der Waals surface area contributed by atoms with Crippen LogP contribution in [0.15, 0.2) is 24.3 Å². The summed E-state index contributed by atoms with van der Waals surface area (Å²) in [6.07, 6.45) is 1.47. The van der Waals surface area contributed by atoms with Crippen molar-refractivity contribution in [3.05, 3.63) is 29.8 Å². The minimum atomic E-state index is 0.0477. The number of hydrogen-bond donors (Lipinski definition) is 1. The van der Waals surface area contributed by atoms with Crippen molar-refractivity contribution in [2.45, 2.75) is 18.6 Å². The largest absolute Gasteiger partial charge is 0.497 e. The summed E-state index contributed by atoms with van der Waals surface area (Å²) in [6, 6.07) is 8.03. The number of nitrogens with zero attached hydrogens (tertiary/aromatic N) is 1. The molecule has 100 valence electrons. The fraction of sp³-hybridized carbons (Fsp3) is 0.571. The van der Waals surface area contributed by atoms with Gasteiger partial charge in [0.05, 0.1) is 13.2 Å². The van der Waals surface area contributed by atoms with Gasteiger partial charge in [-0.2, -0.15) is 0 Å². The van der Waals surface area contributed by atoms with Gasteiger partial charge in [0, 0.05) is 32.8 Å². The van der Waals surface area contributed by atoms with E-state index in [0.717, 1.165) is 37.4 Å². The van der Waals surface area contributed by atoms with Gasteiger partial charge in [-0.05, 0) is 24.1 Å². The normalized spacial score (nSPS) is 22.1. The highest BCUT2D eigenvalue weighted by molar-refractivity contribution is 5.29. The smallest absolute Gasteiger partial charge is 0.118 e. The molecule has 1 heterocycles. The Morgan fingerprint density at radius 1 is 1.33 bits per heavy atom. The molecule has 0 aliphatic carbocycles. The van der Waals surface area contributed by atoms with Crippen LogP contribution in [0.3, 0.4) is 0 Å². The summed E-state index contributed by atoms with van der Waals surface area (Å²) in [4.78, 5) is 2.36. The molecule has 18 heavy (non-hydrogen) atoms. The van der Waals surface area contributed by atoms with E-state index in [2.05, 4.69) is 4.90 Å². The first-order valence-electron chi connectivity index (χ1n) is 6.37. The maximum Gasteiger partial charge on any atom is 0.118 e. The van der Waals surface area contributed by atoms with Crippen LogP contribution in [-0.2, 0) is 4.74 Å². The van der Waals surface area contributed by atoms with Crippen LogP contribution in [0.1, 0.15) is 18.0 Å². The zero-order valence-electron chi connectivity index (χ0n) is 11.1. The Morgan fingerprint density at radius 3 is 2.61 bits per heavy atom. The highest BCUT2D eigenvalue weighted by Crippen LogP contribution is 2.19. The molecule has 1 saturated heterocycles. The average Bonchev–Trinajstić information content (AvgIpc) is 2.86. The second-order valence-electron chi connectivity index (χ2n) is 4.79. The van der Waals surface area contributed by atoms with Crippen molar-refractivity contribution in [3.63, 3.8) is 0 Å². The molecule has 0 saturated carbocycles. The average molecular weight is 250 g/mol. The van der Waals surface area contributed by atoms with Gasteiger partial charge in [0.25, 0.3) is 0 Å². The zero-order chi connectivity index (χ0) is 13.0. The molecule has 0 aromatic heterocycles. The number of likely N-dealkylation sites (tertiary alicyclic amines) is 1. The van der Waals surface area contributed by atoms with Crippen molar-refractivity contribution in [3.8, 4) is 5.75 Å². The number of hydrogen-bond acceptors (Lipinski definition) is 4. The molecule has 2 rings (SSSR count). The molecule has 2 atom stereocenters. The van der Waals surface area contributed by atoms with Crippen molar-refractivity contribution in [1.29, 1.82) is 0 Å². The fourth-order valence-electron chi connectivity index (χ4n) is 2.39. The van der Waals surface area contributed by atoms with E-state index in [-0.39, 0.29) is 6.04 Å². The van der Waals surface area contributed by atoms with Crippen LogP contribution in [0, 0.1) is 0 Å². The maximum absolute atomic E-state index is 6.23. The quantitative estimate of drug-likeness (QED) is 0.858. The van der Waals surface area contributed by atoms with Gasteiger partial charge in [-0.15, -0.1) is 0 Å². The molecule has 0 bridgehead atoms. The number of benzene rings is 1. The summed E-state index contributed by atoms with van der Waals surface area (Å²) >= 11 is 0. The molecule has 2 N–H and O–H groups in total. The summed E-state index contributed by atoms with van der Waals surface area (Å²) in [6.45, 7) is 2.94. The van der Waals surface area contributed by atoms with Crippen molar-refractivity contribution >= 4 is 0 Å². The molecule has 1 aliphatic rings. The van der Waals surface area contributed by atoms with Gasteiger partial charge in [0.2, 0.25) is 0 Å². The lowest BCUT2D eigenvalue weighted by Gasteiger charge is -2.21. The van der Waals surface area contributed by atoms with Crippen LogP contribution < -0.4 is 10.5 Å². The van der Waals surface area contributed by atoms with E-state index < -0.39 is 0 Å². The molecule has 2 unspecified atom stereocenters. The second kappa shape index (κ2) is 6.18. The second-order valence-corrected chi connectivity index (χ2v) is 4.79. The Morgan fingerprint density at radius 2 is 2.06 bits per heavy atom. The maximum atomic E-state index is 6.23. The van der Waals surface area contributed by atoms with Crippen LogP contribution in [0.4, 0.5) is 0 Å². The Balaban J connectivity index is 1.89.